The van der Waals surface area contributed by atoms with E-state index in [1.807, 2.05) is 35.2 Å². The van der Waals surface area contributed by atoms with Crippen LogP contribution in [0.3, 0.4) is 0 Å². The summed E-state index contributed by atoms with van der Waals surface area (Å²) in [5.41, 5.74) is 1.46. The van der Waals surface area contributed by atoms with Gasteiger partial charge < -0.3 is 20.1 Å². The molecule has 0 aliphatic carbocycles. The van der Waals surface area contributed by atoms with Crippen molar-refractivity contribution in [3.63, 3.8) is 0 Å². The maximum atomic E-state index is 12.5. The molecule has 1 fully saturated rings. The lowest BCUT2D eigenvalue weighted by Crippen LogP contribution is -2.43. The van der Waals surface area contributed by atoms with Crippen molar-refractivity contribution in [3.8, 4) is 5.75 Å². The van der Waals surface area contributed by atoms with Gasteiger partial charge in [-0.25, -0.2) is 0 Å². The van der Waals surface area contributed by atoms with E-state index in [0.29, 0.717) is 31.3 Å². The van der Waals surface area contributed by atoms with Crippen molar-refractivity contribution < 1.29 is 19.4 Å². The van der Waals surface area contributed by atoms with Crippen molar-refractivity contribution in [1.29, 1.82) is 0 Å². The summed E-state index contributed by atoms with van der Waals surface area (Å²) in [6, 6.07) is 16.4. The number of hydrogen-bond donors (Lipinski definition) is 2. The number of aliphatic hydroxyl groups is 1. The normalized spacial score (nSPS) is 15.6. The molecule has 1 saturated heterocycles. The minimum atomic E-state index is -0.622. The van der Waals surface area contributed by atoms with Crippen LogP contribution in [0.2, 0.25) is 0 Å². The fraction of sp³-hybridized carbons (Fsp3) is 0.391. The van der Waals surface area contributed by atoms with E-state index in [2.05, 4.69) is 5.32 Å². The molecule has 1 heterocycles. The summed E-state index contributed by atoms with van der Waals surface area (Å²) in [6.07, 6.45) is 1.11. The summed E-state index contributed by atoms with van der Waals surface area (Å²) in [7, 11) is 0. The summed E-state index contributed by atoms with van der Waals surface area (Å²) < 4.78 is 5.68. The van der Waals surface area contributed by atoms with E-state index in [1.165, 1.54) is 0 Å². The maximum Gasteiger partial charge on any atom is 0.260 e. The molecular formula is C23H28N2O4. The van der Waals surface area contributed by atoms with Gasteiger partial charge in [-0.15, -0.1) is 0 Å². The number of ether oxygens (including phenoxy) is 1. The minimum Gasteiger partial charge on any atom is -0.481 e. The number of rotatable bonds is 7. The van der Waals surface area contributed by atoms with Crippen LogP contribution in [-0.2, 0) is 11.4 Å². The van der Waals surface area contributed by atoms with Crippen molar-refractivity contribution in [1.82, 2.24) is 10.2 Å². The average Bonchev–Trinajstić information content (AvgIpc) is 2.78. The number of hydrogen-bond acceptors (Lipinski definition) is 4. The first kappa shape index (κ1) is 20.9. The Kier molecular flexibility index (Phi) is 7.25. The van der Waals surface area contributed by atoms with Gasteiger partial charge in [0.2, 0.25) is 0 Å². The predicted octanol–water partition coefficient (Wildman–Crippen LogP) is 2.61. The lowest BCUT2D eigenvalue weighted by Gasteiger charge is -2.32. The molecule has 0 saturated carbocycles. The van der Waals surface area contributed by atoms with Gasteiger partial charge in [-0.2, -0.15) is 0 Å². The van der Waals surface area contributed by atoms with Crippen molar-refractivity contribution in [2.75, 3.05) is 19.6 Å². The standard InChI is InChI=1S/C23H28N2O4/c1-17(29-21-9-5-6-19(14-21)16-26)22(27)24-15-18-10-12-25(13-11-18)23(28)20-7-3-2-4-8-20/h2-9,14,17-18,26H,10-13,15-16H2,1H3,(H,24,27). The second-order valence-electron chi connectivity index (χ2n) is 7.41. The van der Waals surface area contributed by atoms with Crippen LogP contribution in [0.5, 0.6) is 5.75 Å². The smallest absolute Gasteiger partial charge is 0.260 e. The van der Waals surface area contributed by atoms with E-state index in [0.717, 1.165) is 24.0 Å². The van der Waals surface area contributed by atoms with Crippen LogP contribution in [0, 0.1) is 5.92 Å². The molecule has 1 atom stereocenters. The third kappa shape index (κ3) is 5.81. The van der Waals surface area contributed by atoms with Crippen LogP contribution in [-0.4, -0.2) is 47.6 Å². The fourth-order valence-electron chi connectivity index (χ4n) is 3.47. The Bertz CT molecular complexity index is 817. The molecule has 6 heteroatoms. The third-order valence-corrected chi connectivity index (χ3v) is 5.25. The molecule has 0 aromatic heterocycles. The van der Waals surface area contributed by atoms with Crippen LogP contribution >= 0.6 is 0 Å². The second kappa shape index (κ2) is 10.1. The Labute approximate surface area is 171 Å². The fourth-order valence-corrected chi connectivity index (χ4v) is 3.47. The molecule has 2 N–H and O–H groups in total. The van der Waals surface area contributed by atoms with Gasteiger partial charge in [-0.1, -0.05) is 30.3 Å². The maximum absolute atomic E-state index is 12.5. The summed E-state index contributed by atoms with van der Waals surface area (Å²) in [5.74, 6) is 0.818. The van der Waals surface area contributed by atoms with Crippen LogP contribution in [0.1, 0.15) is 35.7 Å². The number of carbonyl (C=O) groups excluding carboxylic acids is 2. The number of likely N-dealkylation sites (tertiary alicyclic amines) is 1. The van der Waals surface area contributed by atoms with Crippen LogP contribution < -0.4 is 10.1 Å². The molecule has 1 unspecified atom stereocenters. The Morgan fingerprint density at radius 3 is 2.55 bits per heavy atom. The van der Waals surface area contributed by atoms with Gasteiger partial charge in [0.25, 0.3) is 11.8 Å². The molecule has 1 aliphatic rings. The van der Waals surface area contributed by atoms with E-state index < -0.39 is 6.10 Å². The SMILES string of the molecule is CC(Oc1cccc(CO)c1)C(=O)NCC1CCN(C(=O)c2ccccc2)CC1. The Morgan fingerprint density at radius 2 is 1.86 bits per heavy atom. The Morgan fingerprint density at radius 1 is 1.14 bits per heavy atom. The van der Waals surface area contributed by atoms with Crippen LogP contribution in [0.4, 0.5) is 0 Å². The highest BCUT2D eigenvalue weighted by atomic mass is 16.5. The Balaban J connectivity index is 1.41. The second-order valence-corrected chi connectivity index (χ2v) is 7.41. The topological polar surface area (TPSA) is 78.9 Å². The number of piperidine rings is 1. The van der Waals surface area contributed by atoms with E-state index >= 15 is 0 Å². The quantitative estimate of drug-likeness (QED) is 0.754. The summed E-state index contributed by atoms with van der Waals surface area (Å²) in [5, 5.41) is 12.2. The number of carbonyl (C=O) groups is 2. The van der Waals surface area contributed by atoms with Gasteiger partial charge in [0, 0.05) is 25.2 Å². The van der Waals surface area contributed by atoms with Gasteiger partial charge in [0.05, 0.1) is 6.61 Å². The summed E-state index contributed by atoms with van der Waals surface area (Å²) >= 11 is 0. The number of benzene rings is 2. The van der Waals surface area contributed by atoms with Gasteiger partial charge in [0.15, 0.2) is 6.10 Å². The molecular weight excluding hydrogens is 368 g/mol. The van der Waals surface area contributed by atoms with Crippen LogP contribution in [0.15, 0.2) is 54.6 Å². The van der Waals surface area contributed by atoms with Crippen molar-refractivity contribution >= 4 is 11.8 Å². The minimum absolute atomic E-state index is 0.0662. The number of nitrogens with one attached hydrogen (secondary N) is 1. The highest BCUT2D eigenvalue weighted by molar-refractivity contribution is 5.94. The Hall–Kier alpha value is -2.86. The molecule has 3 rings (SSSR count). The molecule has 2 amide bonds. The monoisotopic (exact) mass is 396 g/mol. The molecule has 2 aromatic rings. The van der Waals surface area contributed by atoms with Gasteiger partial charge in [-0.3, -0.25) is 9.59 Å². The largest absolute Gasteiger partial charge is 0.481 e. The molecule has 0 spiro atoms. The van der Waals surface area contributed by atoms with E-state index in [1.54, 1.807) is 31.2 Å². The number of amides is 2. The third-order valence-electron chi connectivity index (χ3n) is 5.25. The molecule has 154 valence electrons. The number of aliphatic hydroxyl groups excluding tert-OH is 1. The van der Waals surface area contributed by atoms with Gasteiger partial charge >= 0.3 is 0 Å². The van der Waals surface area contributed by atoms with Crippen LogP contribution in [0.25, 0.3) is 0 Å². The van der Waals surface area contributed by atoms with E-state index in [9.17, 15) is 14.7 Å². The summed E-state index contributed by atoms with van der Waals surface area (Å²) in [6.45, 7) is 3.63. The summed E-state index contributed by atoms with van der Waals surface area (Å²) in [4.78, 5) is 26.7. The van der Waals surface area contributed by atoms with E-state index in [-0.39, 0.29) is 18.4 Å². The number of nitrogens with zero attached hydrogens (tertiary/aromatic N) is 1. The van der Waals surface area contributed by atoms with Gasteiger partial charge in [0.1, 0.15) is 5.75 Å². The first-order valence-electron chi connectivity index (χ1n) is 10.1. The molecule has 29 heavy (non-hydrogen) atoms. The highest BCUT2D eigenvalue weighted by Gasteiger charge is 2.24. The zero-order valence-electron chi connectivity index (χ0n) is 16.7. The van der Waals surface area contributed by atoms with Crippen molar-refractivity contribution in [2.45, 2.75) is 32.5 Å². The van der Waals surface area contributed by atoms with E-state index in [4.69, 9.17) is 4.74 Å². The van der Waals surface area contributed by atoms with Crippen molar-refractivity contribution in [2.24, 2.45) is 5.92 Å². The lowest BCUT2D eigenvalue weighted by molar-refractivity contribution is -0.127. The van der Waals surface area contributed by atoms with Crippen molar-refractivity contribution in [3.05, 3.63) is 65.7 Å². The zero-order valence-corrected chi connectivity index (χ0v) is 16.7. The lowest BCUT2D eigenvalue weighted by atomic mass is 9.96. The molecule has 6 nitrogen and oxygen atoms in total. The average molecular weight is 396 g/mol. The first-order chi connectivity index (χ1) is 14.1. The molecule has 1 aliphatic heterocycles. The highest BCUT2D eigenvalue weighted by Crippen LogP contribution is 2.19. The molecule has 0 radical (unpaired) electrons. The zero-order chi connectivity index (χ0) is 20.6. The van der Waals surface area contributed by atoms with Gasteiger partial charge in [-0.05, 0) is 55.5 Å². The predicted molar refractivity (Wildman–Crippen MR) is 111 cm³/mol. The molecule has 0 bridgehead atoms. The first-order valence-corrected chi connectivity index (χ1v) is 10.1. The molecule has 2 aromatic carbocycles.